The first-order valence-electron chi connectivity index (χ1n) is 4.98. The largest absolute Gasteiger partial charge is 0.481 e. The number of carbonyl (C=O) groups excluding carboxylic acids is 2. The van der Waals surface area contributed by atoms with Gasteiger partial charge in [-0.25, -0.2) is 0 Å². The molecule has 2 amide bonds. The van der Waals surface area contributed by atoms with E-state index >= 15 is 0 Å². The summed E-state index contributed by atoms with van der Waals surface area (Å²) in [5.74, 6) is -1.99. The van der Waals surface area contributed by atoms with Crippen molar-refractivity contribution in [2.45, 2.75) is 6.04 Å². The topological polar surface area (TPSA) is 110 Å². The highest BCUT2D eigenvalue weighted by molar-refractivity contribution is 8.00. The van der Waals surface area contributed by atoms with Crippen LogP contribution in [0.15, 0.2) is 0 Å². The molecular formula is C9H14N2O5S. The van der Waals surface area contributed by atoms with Crippen molar-refractivity contribution in [2.24, 2.45) is 5.73 Å². The minimum Gasteiger partial charge on any atom is -0.481 e. The number of nitrogens with zero attached hydrogens (tertiary/aromatic N) is 1. The number of thioether (sulfide) groups is 1. The summed E-state index contributed by atoms with van der Waals surface area (Å²) < 4.78 is 5.07. The summed E-state index contributed by atoms with van der Waals surface area (Å²) in [5.41, 5.74) is 5.16. The molecule has 1 saturated heterocycles. The Morgan fingerprint density at radius 1 is 1.41 bits per heavy atom. The van der Waals surface area contributed by atoms with Gasteiger partial charge >= 0.3 is 5.97 Å². The van der Waals surface area contributed by atoms with Gasteiger partial charge in [0.15, 0.2) is 0 Å². The van der Waals surface area contributed by atoms with Gasteiger partial charge in [-0.3, -0.25) is 14.4 Å². The zero-order valence-electron chi connectivity index (χ0n) is 9.13. The van der Waals surface area contributed by atoms with Gasteiger partial charge in [0.25, 0.3) is 0 Å². The lowest BCUT2D eigenvalue weighted by Crippen LogP contribution is -2.55. The maximum atomic E-state index is 11.7. The molecule has 1 unspecified atom stereocenters. The molecule has 3 N–H and O–H groups in total. The molecule has 0 aromatic carbocycles. The molecule has 0 aromatic rings. The van der Waals surface area contributed by atoms with Gasteiger partial charge in [-0.2, -0.15) is 0 Å². The lowest BCUT2D eigenvalue weighted by molar-refractivity contribution is -0.145. The monoisotopic (exact) mass is 262 g/mol. The maximum absolute atomic E-state index is 11.7. The second-order valence-electron chi connectivity index (χ2n) is 3.47. The molecule has 1 aliphatic heterocycles. The number of rotatable bonds is 5. The van der Waals surface area contributed by atoms with Crippen LogP contribution in [0.25, 0.3) is 0 Å². The van der Waals surface area contributed by atoms with Gasteiger partial charge in [-0.05, 0) is 0 Å². The summed E-state index contributed by atoms with van der Waals surface area (Å²) in [6, 6.07) is -0.748. The van der Waals surface area contributed by atoms with E-state index in [4.69, 9.17) is 15.6 Å². The Hall–Kier alpha value is -1.28. The van der Waals surface area contributed by atoms with Crippen LogP contribution in [0.1, 0.15) is 0 Å². The van der Waals surface area contributed by atoms with Crippen molar-refractivity contribution < 1.29 is 24.2 Å². The van der Waals surface area contributed by atoms with Gasteiger partial charge in [0.2, 0.25) is 11.8 Å². The summed E-state index contributed by atoms with van der Waals surface area (Å²) in [4.78, 5) is 34.5. The molecule has 1 fully saturated rings. The molecule has 1 aliphatic rings. The molecule has 17 heavy (non-hydrogen) atoms. The van der Waals surface area contributed by atoms with Crippen LogP contribution in [0.5, 0.6) is 0 Å². The fraction of sp³-hybridized carbons (Fsp3) is 0.667. The molecule has 0 aliphatic carbocycles. The molecule has 8 heteroatoms. The fourth-order valence-corrected chi connectivity index (χ4v) is 2.06. The molecule has 0 saturated carbocycles. The van der Waals surface area contributed by atoms with E-state index in [9.17, 15) is 14.4 Å². The third-order valence-electron chi connectivity index (χ3n) is 2.23. The number of hydrogen-bond acceptors (Lipinski definition) is 5. The second-order valence-corrected chi connectivity index (χ2v) is 4.45. The normalized spacial score (nSPS) is 20.0. The van der Waals surface area contributed by atoms with Gasteiger partial charge in [0, 0.05) is 6.54 Å². The standard InChI is InChI=1S/C9H14N2O5S/c10-9(15)6-3-16-2-1-11(6)7(12)4-17-5-8(13)14/h6H,1-5H2,(H2,10,15)(H,13,14). The third-order valence-corrected chi connectivity index (χ3v) is 3.13. The second kappa shape index (κ2) is 6.45. The highest BCUT2D eigenvalue weighted by Crippen LogP contribution is 2.10. The summed E-state index contributed by atoms with van der Waals surface area (Å²) in [6.07, 6.45) is 0. The van der Waals surface area contributed by atoms with Crippen LogP contribution in [-0.4, -0.2) is 65.1 Å². The Morgan fingerprint density at radius 2 is 2.12 bits per heavy atom. The molecule has 1 rings (SSSR count). The average Bonchev–Trinajstić information content (AvgIpc) is 2.28. The Labute approximate surface area is 102 Å². The quantitative estimate of drug-likeness (QED) is 0.625. The van der Waals surface area contributed by atoms with Crippen LogP contribution < -0.4 is 5.73 Å². The Bertz CT molecular complexity index is 323. The SMILES string of the molecule is NC(=O)C1COCCN1C(=O)CSCC(=O)O. The Balaban J connectivity index is 2.47. The van der Waals surface area contributed by atoms with Crippen LogP contribution >= 0.6 is 11.8 Å². The van der Waals surface area contributed by atoms with Crippen molar-refractivity contribution in [1.82, 2.24) is 4.90 Å². The number of morpholine rings is 1. The van der Waals surface area contributed by atoms with E-state index in [1.807, 2.05) is 0 Å². The number of primary amides is 1. The summed E-state index contributed by atoms with van der Waals surface area (Å²) in [6.45, 7) is 0.768. The number of carboxylic acids is 1. The molecule has 0 spiro atoms. The highest BCUT2D eigenvalue weighted by Gasteiger charge is 2.30. The van der Waals surface area contributed by atoms with E-state index in [1.54, 1.807) is 0 Å². The van der Waals surface area contributed by atoms with Crippen LogP contribution in [0, 0.1) is 0 Å². The first-order valence-corrected chi connectivity index (χ1v) is 6.14. The maximum Gasteiger partial charge on any atom is 0.313 e. The average molecular weight is 262 g/mol. The number of amides is 2. The van der Waals surface area contributed by atoms with Gasteiger partial charge in [0.05, 0.1) is 24.7 Å². The molecular weight excluding hydrogens is 248 g/mol. The molecule has 0 radical (unpaired) electrons. The fourth-order valence-electron chi connectivity index (χ4n) is 1.45. The van der Waals surface area contributed by atoms with Gasteiger partial charge in [-0.1, -0.05) is 0 Å². The lowest BCUT2D eigenvalue weighted by atomic mass is 10.2. The van der Waals surface area contributed by atoms with E-state index < -0.39 is 17.9 Å². The predicted molar refractivity (Wildman–Crippen MR) is 60.5 cm³/mol. The van der Waals surface area contributed by atoms with E-state index in [1.165, 1.54) is 4.90 Å². The molecule has 96 valence electrons. The molecule has 1 heterocycles. The Kier molecular flexibility index (Phi) is 5.23. The Morgan fingerprint density at radius 3 is 2.71 bits per heavy atom. The van der Waals surface area contributed by atoms with Crippen LogP contribution in [-0.2, 0) is 19.1 Å². The minimum absolute atomic E-state index is 0.0239. The van der Waals surface area contributed by atoms with E-state index in [0.717, 1.165) is 11.8 Å². The number of carboxylic acid groups (broad SMARTS) is 1. The smallest absolute Gasteiger partial charge is 0.313 e. The van der Waals surface area contributed by atoms with Gasteiger partial charge in [0.1, 0.15) is 6.04 Å². The minimum atomic E-state index is -0.976. The number of aliphatic carboxylic acids is 1. The highest BCUT2D eigenvalue weighted by atomic mass is 32.2. The number of hydrogen-bond donors (Lipinski definition) is 2. The number of carbonyl (C=O) groups is 3. The summed E-state index contributed by atoms with van der Waals surface area (Å²) >= 11 is 0.993. The van der Waals surface area contributed by atoms with E-state index in [0.29, 0.717) is 13.2 Å². The summed E-state index contributed by atoms with van der Waals surface area (Å²) in [5, 5.41) is 8.44. The zero-order chi connectivity index (χ0) is 12.8. The van der Waals surface area contributed by atoms with Crippen LogP contribution in [0.4, 0.5) is 0 Å². The first-order chi connectivity index (χ1) is 8.02. The van der Waals surface area contributed by atoms with Crippen molar-refractivity contribution in [3.05, 3.63) is 0 Å². The number of ether oxygens (including phenoxy) is 1. The molecule has 0 bridgehead atoms. The third kappa shape index (κ3) is 4.23. The van der Waals surface area contributed by atoms with Crippen molar-refractivity contribution in [2.75, 3.05) is 31.3 Å². The van der Waals surface area contributed by atoms with E-state index in [2.05, 4.69) is 0 Å². The predicted octanol–water partition coefficient (Wildman–Crippen LogP) is -1.48. The zero-order valence-corrected chi connectivity index (χ0v) is 9.94. The van der Waals surface area contributed by atoms with Crippen LogP contribution in [0.3, 0.4) is 0 Å². The first kappa shape index (κ1) is 13.8. The van der Waals surface area contributed by atoms with Crippen molar-refractivity contribution in [1.29, 1.82) is 0 Å². The number of nitrogens with two attached hydrogens (primary N) is 1. The van der Waals surface area contributed by atoms with Crippen LogP contribution in [0.2, 0.25) is 0 Å². The molecule has 1 atom stereocenters. The lowest BCUT2D eigenvalue weighted by Gasteiger charge is -2.33. The van der Waals surface area contributed by atoms with Crippen molar-refractivity contribution >= 4 is 29.5 Å². The summed E-state index contributed by atoms with van der Waals surface area (Å²) in [7, 11) is 0. The molecule has 0 aromatic heterocycles. The van der Waals surface area contributed by atoms with E-state index in [-0.39, 0.29) is 24.0 Å². The van der Waals surface area contributed by atoms with Gasteiger partial charge < -0.3 is 20.5 Å². The molecule has 7 nitrogen and oxygen atoms in total. The van der Waals surface area contributed by atoms with Crippen molar-refractivity contribution in [3.63, 3.8) is 0 Å². The van der Waals surface area contributed by atoms with Crippen molar-refractivity contribution in [3.8, 4) is 0 Å². The van der Waals surface area contributed by atoms with Gasteiger partial charge in [-0.15, -0.1) is 11.8 Å².